The van der Waals surface area contributed by atoms with Gasteiger partial charge in [-0.25, -0.2) is 14.6 Å². The molecule has 4 rings (SSSR count). The SMILES string of the molecule is O=C(O)C(F)(F)F.O=C(O)C(F)(F)F.c1cc(-c2cnc3n2CCN(Cc2ccsc2)C3)ccn1. The number of hydrogen-bond donors (Lipinski definition) is 2. The van der Waals surface area contributed by atoms with Crippen molar-refractivity contribution in [3.8, 4) is 11.3 Å². The molecule has 8 nitrogen and oxygen atoms in total. The number of carbonyl (C=O) groups is 2. The fourth-order valence-electron chi connectivity index (χ4n) is 2.84. The summed E-state index contributed by atoms with van der Waals surface area (Å²) in [5.41, 5.74) is 3.78. The van der Waals surface area contributed by atoms with Crippen LogP contribution in [0.4, 0.5) is 26.3 Å². The van der Waals surface area contributed by atoms with Crippen LogP contribution < -0.4 is 0 Å². The number of imidazole rings is 1. The summed E-state index contributed by atoms with van der Waals surface area (Å²) in [6.07, 6.45) is -4.51. The second-order valence-corrected chi connectivity index (χ2v) is 7.68. The van der Waals surface area contributed by atoms with E-state index >= 15 is 0 Å². The Bertz CT molecular complexity index is 1080. The number of halogens is 6. The summed E-state index contributed by atoms with van der Waals surface area (Å²) in [5.74, 6) is -4.36. The molecule has 190 valence electrons. The molecular weight excluding hydrogens is 506 g/mol. The summed E-state index contributed by atoms with van der Waals surface area (Å²) >= 11 is 1.76. The Kier molecular flexibility index (Phi) is 9.36. The number of fused-ring (bicyclic) bond motifs is 1. The van der Waals surface area contributed by atoms with Gasteiger partial charge in [0, 0.05) is 37.6 Å². The first-order valence-electron chi connectivity index (χ1n) is 9.57. The van der Waals surface area contributed by atoms with Crippen molar-refractivity contribution in [2.75, 3.05) is 6.54 Å². The molecular formula is C20H18F6N4O4S. The van der Waals surface area contributed by atoms with Gasteiger partial charge in [0.1, 0.15) is 5.82 Å². The van der Waals surface area contributed by atoms with E-state index in [1.54, 1.807) is 11.3 Å². The molecule has 3 aromatic heterocycles. The highest BCUT2D eigenvalue weighted by Gasteiger charge is 2.38. The quantitative estimate of drug-likeness (QED) is 0.492. The second-order valence-electron chi connectivity index (χ2n) is 6.90. The lowest BCUT2D eigenvalue weighted by atomic mass is 10.2. The average molecular weight is 524 g/mol. The van der Waals surface area contributed by atoms with Crippen LogP contribution in [0.3, 0.4) is 0 Å². The van der Waals surface area contributed by atoms with Crippen LogP contribution >= 0.6 is 11.3 Å². The number of nitrogens with zero attached hydrogens (tertiary/aromatic N) is 4. The Morgan fingerprint density at radius 1 is 0.971 bits per heavy atom. The largest absolute Gasteiger partial charge is 0.490 e. The van der Waals surface area contributed by atoms with E-state index in [2.05, 4.69) is 36.3 Å². The number of carboxylic acids is 2. The molecule has 1 aliphatic rings. The summed E-state index contributed by atoms with van der Waals surface area (Å²) in [4.78, 5) is 29.0. The van der Waals surface area contributed by atoms with Gasteiger partial charge >= 0.3 is 24.3 Å². The molecule has 0 amide bonds. The summed E-state index contributed by atoms with van der Waals surface area (Å²) < 4.78 is 65.8. The Morgan fingerprint density at radius 2 is 1.54 bits per heavy atom. The zero-order valence-corrected chi connectivity index (χ0v) is 18.4. The lowest BCUT2D eigenvalue weighted by Crippen LogP contribution is -2.33. The van der Waals surface area contributed by atoms with Crippen molar-refractivity contribution in [1.29, 1.82) is 0 Å². The van der Waals surface area contributed by atoms with Crippen LogP contribution in [0.15, 0.2) is 47.5 Å². The van der Waals surface area contributed by atoms with E-state index in [-0.39, 0.29) is 0 Å². The normalized spacial score (nSPS) is 13.5. The summed E-state index contributed by atoms with van der Waals surface area (Å²) in [6.45, 7) is 4.00. The van der Waals surface area contributed by atoms with Crippen LogP contribution in [0, 0.1) is 0 Å². The van der Waals surface area contributed by atoms with Crippen LogP contribution in [-0.2, 0) is 29.2 Å². The molecule has 35 heavy (non-hydrogen) atoms. The minimum absolute atomic E-state index is 0.918. The molecule has 0 radical (unpaired) electrons. The zero-order chi connectivity index (χ0) is 26.2. The fraction of sp³-hybridized carbons (Fsp3) is 0.300. The summed E-state index contributed by atoms with van der Waals surface area (Å²) in [6, 6.07) is 6.29. The van der Waals surface area contributed by atoms with E-state index in [0.717, 1.165) is 32.0 Å². The third-order valence-corrected chi connectivity index (χ3v) is 5.12. The maximum absolute atomic E-state index is 10.6. The van der Waals surface area contributed by atoms with Crippen LogP contribution in [0.2, 0.25) is 0 Å². The molecule has 1 aliphatic heterocycles. The van der Waals surface area contributed by atoms with Crippen molar-refractivity contribution in [1.82, 2.24) is 19.4 Å². The van der Waals surface area contributed by atoms with E-state index in [1.165, 1.54) is 16.8 Å². The number of hydrogen-bond acceptors (Lipinski definition) is 6. The van der Waals surface area contributed by atoms with Crippen molar-refractivity contribution in [3.63, 3.8) is 0 Å². The molecule has 3 aromatic rings. The van der Waals surface area contributed by atoms with Gasteiger partial charge < -0.3 is 14.8 Å². The molecule has 0 aromatic carbocycles. The maximum atomic E-state index is 10.6. The maximum Gasteiger partial charge on any atom is 0.490 e. The number of pyridine rings is 1. The highest BCUT2D eigenvalue weighted by molar-refractivity contribution is 7.07. The summed E-state index contributed by atoms with van der Waals surface area (Å²) in [7, 11) is 0. The van der Waals surface area contributed by atoms with Crippen molar-refractivity contribution < 1.29 is 46.1 Å². The van der Waals surface area contributed by atoms with Gasteiger partial charge in [-0.05, 0) is 34.5 Å². The van der Waals surface area contributed by atoms with E-state index < -0.39 is 24.3 Å². The van der Waals surface area contributed by atoms with Gasteiger partial charge in [0.25, 0.3) is 0 Å². The number of thiophene rings is 1. The molecule has 0 spiro atoms. The highest BCUT2D eigenvalue weighted by atomic mass is 32.1. The zero-order valence-electron chi connectivity index (χ0n) is 17.6. The van der Waals surface area contributed by atoms with Gasteiger partial charge in [-0.1, -0.05) is 0 Å². The van der Waals surface area contributed by atoms with E-state index in [1.807, 2.05) is 30.7 Å². The topological polar surface area (TPSA) is 109 Å². The molecule has 15 heteroatoms. The van der Waals surface area contributed by atoms with E-state index in [4.69, 9.17) is 19.8 Å². The summed E-state index contributed by atoms with van der Waals surface area (Å²) in [5, 5.41) is 18.6. The highest BCUT2D eigenvalue weighted by Crippen LogP contribution is 2.24. The number of alkyl halides is 6. The van der Waals surface area contributed by atoms with Gasteiger partial charge in [-0.3, -0.25) is 9.88 Å². The van der Waals surface area contributed by atoms with Crippen LogP contribution in [-0.4, -0.2) is 60.5 Å². The molecule has 2 N–H and O–H groups in total. The molecule has 0 saturated heterocycles. The Labute approximate surface area is 198 Å². The van der Waals surface area contributed by atoms with E-state index in [0.29, 0.717) is 0 Å². The van der Waals surface area contributed by atoms with Crippen molar-refractivity contribution in [2.24, 2.45) is 0 Å². The van der Waals surface area contributed by atoms with Crippen LogP contribution in [0.25, 0.3) is 11.3 Å². The van der Waals surface area contributed by atoms with Crippen LogP contribution in [0.1, 0.15) is 11.4 Å². The average Bonchev–Trinajstić information content (AvgIpc) is 3.43. The number of carboxylic acid groups (broad SMARTS) is 2. The van der Waals surface area contributed by atoms with Crippen molar-refractivity contribution in [2.45, 2.75) is 32.0 Å². The first kappa shape index (κ1) is 27.8. The standard InChI is InChI=1S/C16H16N4S.2C2HF3O2/c1-4-17-5-2-14(1)15-9-18-16-11-19(6-7-20(15)16)10-13-3-8-21-12-13;2*3-2(4,5)1(6)7/h1-5,8-9,12H,6-7,10-11H2;2*(H,6,7). The minimum atomic E-state index is -5.08. The van der Waals surface area contributed by atoms with Gasteiger partial charge in [-0.15, -0.1) is 0 Å². The Morgan fingerprint density at radius 3 is 2.03 bits per heavy atom. The van der Waals surface area contributed by atoms with Gasteiger partial charge in [0.05, 0.1) is 18.4 Å². The van der Waals surface area contributed by atoms with Gasteiger partial charge in [0.15, 0.2) is 0 Å². The predicted octanol–water partition coefficient (Wildman–Crippen LogP) is 4.29. The fourth-order valence-corrected chi connectivity index (χ4v) is 3.50. The number of aliphatic carboxylic acids is 2. The monoisotopic (exact) mass is 524 g/mol. The molecule has 4 heterocycles. The molecule has 0 atom stereocenters. The van der Waals surface area contributed by atoms with E-state index in [9.17, 15) is 26.3 Å². The third-order valence-electron chi connectivity index (χ3n) is 4.39. The Balaban J connectivity index is 0.000000257. The molecule has 0 saturated carbocycles. The smallest absolute Gasteiger partial charge is 0.475 e. The van der Waals surface area contributed by atoms with Crippen LogP contribution in [0.5, 0.6) is 0 Å². The van der Waals surface area contributed by atoms with Crippen molar-refractivity contribution >= 4 is 23.3 Å². The number of aromatic nitrogens is 3. The first-order valence-corrected chi connectivity index (χ1v) is 10.5. The second kappa shape index (κ2) is 11.8. The first-order chi connectivity index (χ1) is 16.3. The predicted molar refractivity (Wildman–Crippen MR) is 111 cm³/mol. The number of rotatable bonds is 3. The minimum Gasteiger partial charge on any atom is -0.475 e. The molecule has 0 aliphatic carbocycles. The molecule has 0 unspecified atom stereocenters. The van der Waals surface area contributed by atoms with Gasteiger partial charge in [-0.2, -0.15) is 37.7 Å². The third kappa shape index (κ3) is 8.68. The lowest BCUT2D eigenvalue weighted by molar-refractivity contribution is -0.193. The molecule has 0 fully saturated rings. The lowest BCUT2D eigenvalue weighted by Gasteiger charge is -2.28. The molecule has 0 bridgehead atoms. The Hall–Kier alpha value is -3.46. The van der Waals surface area contributed by atoms with Crippen molar-refractivity contribution in [3.05, 3.63) is 58.9 Å². The van der Waals surface area contributed by atoms with Gasteiger partial charge in [0.2, 0.25) is 0 Å².